The molecule has 1 fully saturated rings. The van der Waals surface area contributed by atoms with Crippen LogP contribution < -0.4 is 5.73 Å². The highest BCUT2D eigenvalue weighted by Crippen LogP contribution is 2.44. The normalized spacial score (nSPS) is 15.1. The average Bonchev–Trinajstić information content (AvgIpc) is 3.10. The minimum absolute atomic E-state index is 0.474. The Labute approximate surface area is 113 Å². The minimum atomic E-state index is 0.474. The predicted molar refractivity (Wildman–Crippen MR) is 71.1 cm³/mol. The van der Waals surface area contributed by atoms with Gasteiger partial charge in [0.25, 0.3) is 0 Å². The van der Waals surface area contributed by atoms with Gasteiger partial charge >= 0.3 is 0 Å². The molecule has 2 heterocycles. The molecule has 18 heavy (non-hydrogen) atoms. The summed E-state index contributed by atoms with van der Waals surface area (Å²) in [5, 5.41) is 3.93. The third-order valence-corrected chi connectivity index (χ3v) is 3.94. The van der Waals surface area contributed by atoms with Gasteiger partial charge in [-0.15, -0.1) is 0 Å². The molecule has 0 aliphatic heterocycles. The quantitative estimate of drug-likeness (QED) is 0.922. The largest absolute Gasteiger partial charge is 0.383 e. The van der Waals surface area contributed by atoms with E-state index in [0.717, 1.165) is 40.0 Å². The van der Waals surface area contributed by atoms with Crippen molar-refractivity contribution < 1.29 is 4.52 Å². The van der Waals surface area contributed by atoms with E-state index in [1.54, 1.807) is 0 Å². The zero-order valence-corrected chi connectivity index (χ0v) is 11.8. The van der Waals surface area contributed by atoms with E-state index in [1.807, 2.05) is 13.8 Å². The Morgan fingerprint density at radius 2 is 2.00 bits per heavy atom. The molecule has 2 aromatic heterocycles. The molecule has 0 bridgehead atoms. The number of anilines is 1. The van der Waals surface area contributed by atoms with Gasteiger partial charge in [-0.05, 0) is 42.6 Å². The van der Waals surface area contributed by atoms with Gasteiger partial charge < -0.3 is 10.3 Å². The van der Waals surface area contributed by atoms with Gasteiger partial charge in [0, 0.05) is 5.92 Å². The van der Waals surface area contributed by atoms with Gasteiger partial charge in [-0.3, -0.25) is 0 Å². The van der Waals surface area contributed by atoms with Crippen LogP contribution in [0.3, 0.4) is 0 Å². The van der Waals surface area contributed by atoms with E-state index >= 15 is 0 Å². The number of nitrogens with two attached hydrogens (primary N) is 1. The van der Waals surface area contributed by atoms with Crippen molar-refractivity contribution in [3.8, 4) is 11.4 Å². The van der Waals surface area contributed by atoms with Crippen LogP contribution in [-0.2, 0) is 0 Å². The third kappa shape index (κ3) is 1.80. The van der Waals surface area contributed by atoms with E-state index in [-0.39, 0.29) is 0 Å². The summed E-state index contributed by atoms with van der Waals surface area (Å²) >= 11 is 3.47. The number of nitrogens with zero attached hydrogens (tertiary/aromatic N) is 3. The van der Waals surface area contributed by atoms with Crippen LogP contribution in [0.25, 0.3) is 11.4 Å². The van der Waals surface area contributed by atoms with Gasteiger partial charge in [-0.25, -0.2) is 9.97 Å². The van der Waals surface area contributed by atoms with E-state index in [4.69, 9.17) is 10.3 Å². The molecule has 94 valence electrons. The lowest BCUT2D eigenvalue weighted by molar-refractivity contribution is 0.393. The Hall–Kier alpha value is -1.43. The maximum absolute atomic E-state index is 5.94. The van der Waals surface area contributed by atoms with Crippen molar-refractivity contribution >= 4 is 21.7 Å². The standard InChI is InChI=1S/C12H13BrN4O/c1-5-8(6(2)18-17-5)12-15-10(7-3-4-7)9(13)11(14)16-12/h7H,3-4H2,1-2H3,(H2,14,15,16). The molecule has 0 saturated heterocycles. The van der Waals surface area contributed by atoms with Crippen molar-refractivity contribution in [2.24, 2.45) is 0 Å². The molecule has 3 rings (SSSR count). The van der Waals surface area contributed by atoms with Crippen LogP contribution in [0.5, 0.6) is 0 Å². The van der Waals surface area contributed by atoms with Gasteiger partial charge in [-0.2, -0.15) is 0 Å². The number of hydrogen-bond donors (Lipinski definition) is 1. The van der Waals surface area contributed by atoms with Crippen LogP contribution in [0.2, 0.25) is 0 Å². The van der Waals surface area contributed by atoms with Gasteiger partial charge in [0.2, 0.25) is 0 Å². The second-order valence-corrected chi connectivity index (χ2v) is 5.40. The lowest BCUT2D eigenvalue weighted by Gasteiger charge is -2.07. The second-order valence-electron chi connectivity index (χ2n) is 4.61. The topological polar surface area (TPSA) is 77.8 Å². The van der Waals surface area contributed by atoms with E-state index in [9.17, 15) is 0 Å². The smallest absolute Gasteiger partial charge is 0.167 e. The van der Waals surface area contributed by atoms with Gasteiger partial charge in [0.05, 0.1) is 21.4 Å². The third-order valence-electron chi connectivity index (χ3n) is 3.12. The number of rotatable bonds is 2. The number of halogens is 1. The van der Waals surface area contributed by atoms with Gasteiger partial charge in [0.15, 0.2) is 5.82 Å². The van der Waals surface area contributed by atoms with E-state index in [2.05, 4.69) is 31.1 Å². The highest BCUT2D eigenvalue weighted by Gasteiger charge is 2.30. The van der Waals surface area contributed by atoms with E-state index in [0.29, 0.717) is 17.6 Å². The molecular weight excluding hydrogens is 296 g/mol. The number of aryl methyl sites for hydroxylation is 2. The monoisotopic (exact) mass is 308 g/mol. The Kier molecular flexibility index (Phi) is 2.62. The SMILES string of the molecule is Cc1noc(C)c1-c1nc(N)c(Br)c(C2CC2)n1. The summed E-state index contributed by atoms with van der Waals surface area (Å²) < 4.78 is 5.97. The van der Waals surface area contributed by atoms with Crippen LogP contribution >= 0.6 is 15.9 Å². The molecule has 0 amide bonds. The summed E-state index contributed by atoms with van der Waals surface area (Å²) in [6, 6.07) is 0. The Morgan fingerprint density at radius 1 is 1.28 bits per heavy atom. The summed E-state index contributed by atoms with van der Waals surface area (Å²) in [5.74, 6) is 2.30. The first kappa shape index (κ1) is 11.6. The van der Waals surface area contributed by atoms with Crippen molar-refractivity contribution in [3.63, 3.8) is 0 Å². The molecule has 0 atom stereocenters. The zero-order chi connectivity index (χ0) is 12.9. The molecule has 1 saturated carbocycles. The van der Waals surface area contributed by atoms with Gasteiger partial charge in [0.1, 0.15) is 11.6 Å². The molecular formula is C12H13BrN4O. The summed E-state index contributed by atoms with van der Waals surface area (Å²) in [6.07, 6.45) is 2.33. The summed E-state index contributed by atoms with van der Waals surface area (Å²) in [4.78, 5) is 8.95. The van der Waals surface area contributed by atoms with Crippen molar-refractivity contribution in [2.45, 2.75) is 32.6 Å². The van der Waals surface area contributed by atoms with Crippen LogP contribution in [0.1, 0.15) is 35.9 Å². The molecule has 1 aliphatic carbocycles. The van der Waals surface area contributed by atoms with Crippen LogP contribution in [0.15, 0.2) is 9.00 Å². The molecule has 1 aliphatic rings. The van der Waals surface area contributed by atoms with Crippen LogP contribution in [0, 0.1) is 13.8 Å². The fourth-order valence-electron chi connectivity index (χ4n) is 2.02. The summed E-state index contributed by atoms with van der Waals surface area (Å²) in [6.45, 7) is 3.73. The summed E-state index contributed by atoms with van der Waals surface area (Å²) in [7, 11) is 0. The Morgan fingerprint density at radius 3 is 2.56 bits per heavy atom. The predicted octanol–water partition coefficient (Wildman–Crippen LogP) is 2.97. The lowest BCUT2D eigenvalue weighted by Crippen LogP contribution is -2.02. The summed E-state index contributed by atoms with van der Waals surface area (Å²) in [5.41, 5.74) is 8.57. The van der Waals surface area contributed by atoms with Crippen LogP contribution in [-0.4, -0.2) is 15.1 Å². The highest BCUT2D eigenvalue weighted by atomic mass is 79.9. The fraction of sp³-hybridized carbons (Fsp3) is 0.417. The highest BCUT2D eigenvalue weighted by molar-refractivity contribution is 9.10. The van der Waals surface area contributed by atoms with Crippen molar-refractivity contribution in [1.29, 1.82) is 0 Å². The molecule has 0 aromatic carbocycles. The number of aromatic nitrogens is 3. The maximum Gasteiger partial charge on any atom is 0.167 e. The van der Waals surface area contributed by atoms with Crippen molar-refractivity contribution in [3.05, 3.63) is 21.6 Å². The first-order chi connectivity index (χ1) is 8.58. The first-order valence-electron chi connectivity index (χ1n) is 5.84. The lowest BCUT2D eigenvalue weighted by atomic mass is 10.2. The molecule has 0 spiro atoms. The molecule has 0 unspecified atom stereocenters. The second kappa shape index (κ2) is 4.05. The molecule has 0 radical (unpaired) electrons. The van der Waals surface area contributed by atoms with Crippen molar-refractivity contribution in [2.75, 3.05) is 5.73 Å². The van der Waals surface area contributed by atoms with Gasteiger partial charge in [-0.1, -0.05) is 5.16 Å². The number of nitrogen functional groups attached to an aromatic ring is 1. The number of hydrogen-bond acceptors (Lipinski definition) is 5. The fourth-order valence-corrected chi connectivity index (χ4v) is 2.52. The van der Waals surface area contributed by atoms with E-state index in [1.165, 1.54) is 0 Å². The first-order valence-corrected chi connectivity index (χ1v) is 6.63. The molecule has 5 nitrogen and oxygen atoms in total. The van der Waals surface area contributed by atoms with E-state index < -0.39 is 0 Å². The zero-order valence-electron chi connectivity index (χ0n) is 10.2. The molecule has 2 aromatic rings. The minimum Gasteiger partial charge on any atom is -0.383 e. The Bertz CT molecular complexity index is 599. The molecule has 6 heteroatoms. The average molecular weight is 309 g/mol. The Balaban J connectivity index is 2.18. The molecule has 2 N–H and O–H groups in total. The maximum atomic E-state index is 5.94. The van der Waals surface area contributed by atoms with Crippen molar-refractivity contribution in [1.82, 2.24) is 15.1 Å². The van der Waals surface area contributed by atoms with Crippen LogP contribution in [0.4, 0.5) is 5.82 Å².